The number of fused-ring (bicyclic) bond motifs is 1. The van der Waals surface area contributed by atoms with Crippen molar-refractivity contribution >= 4 is 11.6 Å². The third kappa shape index (κ3) is 3.54. The van der Waals surface area contributed by atoms with Crippen molar-refractivity contribution in [2.75, 3.05) is 12.4 Å². The van der Waals surface area contributed by atoms with Gasteiger partial charge in [0.15, 0.2) is 0 Å². The van der Waals surface area contributed by atoms with E-state index in [1.54, 1.807) is 0 Å². The van der Waals surface area contributed by atoms with Crippen LogP contribution in [0.25, 0.3) is 0 Å². The molecule has 0 aromatic heterocycles. The van der Waals surface area contributed by atoms with E-state index in [2.05, 4.69) is 5.32 Å². The Kier molecular flexibility index (Phi) is 5.02. The summed E-state index contributed by atoms with van der Waals surface area (Å²) < 4.78 is 45.0. The Labute approximate surface area is 172 Å². The lowest BCUT2D eigenvalue weighted by Crippen LogP contribution is -2.41. The van der Waals surface area contributed by atoms with E-state index in [1.807, 2.05) is 54.6 Å². The number of carbonyl (C=O) groups excluding carboxylic acids is 1. The molecule has 1 amide bonds. The Bertz CT molecular complexity index is 1050. The zero-order valence-electron chi connectivity index (χ0n) is 16.3. The summed E-state index contributed by atoms with van der Waals surface area (Å²) in [6, 6.07) is 20.8. The van der Waals surface area contributed by atoms with Gasteiger partial charge in [0.05, 0.1) is 18.1 Å². The van der Waals surface area contributed by atoms with Crippen molar-refractivity contribution in [3.63, 3.8) is 0 Å². The van der Waals surface area contributed by atoms with Crippen LogP contribution in [0.4, 0.5) is 18.9 Å². The van der Waals surface area contributed by atoms with Gasteiger partial charge in [-0.1, -0.05) is 54.6 Å². The lowest BCUT2D eigenvalue weighted by atomic mass is 9.76. The first kappa shape index (κ1) is 20.0. The standard InChI is InChI=1S/C24H20F3NO2/c1-30-21-12-11-19(13-20(21)24(25,26)27)28-22(29)23(18-9-3-2-4-10-18)14-16-7-5-6-8-17(16)15-23/h2-13H,14-15H2,1H3,(H,28,29). The van der Waals surface area contributed by atoms with Gasteiger partial charge < -0.3 is 10.1 Å². The number of rotatable bonds is 4. The van der Waals surface area contributed by atoms with Crippen molar-refractivity contribution in [2.45, 2.75) is 24.4 Å². The van der Waals surface area contributed by atoms with Crippen LogP contribution in [0.2, 0.25) is 0 Å². The van der Waals surface area contributed by atoms with E-state index in [-0.39, 0.29) is 17.3 Å². The fourth-order valence-corrected chi connectivity index (χ4v) is 4.13. The average molecular weight is 411 g/mol. The van der Waals surface area contributed by atoms with Gasteiger partial charge in [0.1, 0.15) is 5.75 Å². The number of carbonyl (C=O) groups is 1. The molecule has 0 atom stereocenters. The number of amides is 1. The minimum atomic E-state index is -4.59. The third-order valence-electron chi connectivity index (χ3n) is 5.63. The molecule has 0 aliphatic heterocycles. The van der Waals surface area contributed by atoms with Gasteiger partial charge >= 0.3 is 6.18 Å². The number of anilines is 1. The Morgan fingerprint density at radius 3 is 2.10 bits per heavy atom. The van der Waals surface area contributed by atoms with Crippen LogP contribution >= 0.6 is 0 Å². The second-order valence-corrected chi connectivity index (χ2v) is 7.44. The monoisotopic (exact) mass is 411 g/mol. The molecule has 1 N–H and O–H groups in total. The zero-order valence-corrected chi connectivity index (χ0v) is 16.3. The maximum atomic E-state index is 13.5. The van der Waals surface area contributed by atoms with Crippen LogP contribution in [0.1, 0.15) is 22.3 Å². The molecule has 3 aromatic rings. The molecule has 3 aromatic carbocycles. The topological polar surface area (TPSA) is 38.3 Å². The Hall–Kier alpha value is -3.28. The third-order valence-corrected chi connectivity index (χ3v) is 5.63. The molecule has 0 unspecified atom stereocenters. The van der Waals surface area contributed by atoms with Crippen LogP contribution in [-0.4, -0.2) is 13.0 Å². The molecule has 1 aliphatic rings. The number of halogens is 3. The van der Waals surface area contributed by atoms with Crippen LogP contribution in [0, 0.1) is 0 Å². The lowest BCUT2D eigenvalue weighted by Gasteiger charge is -2.28. The maximum Gasteiger partial charge on any atom is 0.420 e. The van der Waals surface area contributed by atoms with Crippen molar-refractivity contribution in [3.05, 3.63) is 95.1 Å². The summed E-state index contributed by atoms with van der Waals surface area (Å²) in [4.78, 5) is 13.5. The van der Waals surface area contributed by atoms with Crippen LogP contribution in [-0.2, 0) is 29.2 Å². The Balaban J connectivity index is 1.71. The highest BCUT2D eigenvalue weighted by Gasteiger charge is 2.45. The van der Waals surface area contributed by atoms with Gasteiger partial charge in [-0.05, 0) is 47.7 Å². The summed E-state index contributed by atoms with van der Waals surface area (Å²) in [5, 5.41) is 2.73. The molecule has 1 aliphatic carbocycles. The van der Waals surface area contributed by atoms with E-state index in [4.69, 9.17) is 4.74 Å². The zero-order chi connectivity index (χ0) is 21.4. The number of hydrogen-bond donors (Lipinski definition) is 1. The minimum Gasteiger partial charge on any atom is -0.496 e. The summed E-state index contributed by atoms with van der Waals surface area (Å²) in [7, 11) is 1.18. The highest BCUT2D eigenvalue weighted by atomic mass is 19.4. The number of hydrogen-bond acceptors (Lipinski definition) is 2. The van der Waals surface area contributed by atoms with Crippen molar-refractivity contribution in [1.82, 2.24) is 0 Å². The predicted molar refractivity (Wildman–Crippen MR) is 109 cm³/mol. The lowest BCUT2D eigenvalue weighted by molar-refractivity contribution is -0.138. The van der Waals surface area contributed by atoms with Crippen LogP contribution in [0.3, 0.4) is 0 Å². The molecule has 0 heterocycles. The number of ether oxygens (including phenoxy) is 1. The van der Waals surface area contributed by atoms with E-state index >= 15 is 0 Å². The molecule has 0 saturated heterocycles. The molecule has 30 heavy (non-hydrogen) atoms. The molecule has 0 saturated carbocycles. The molecule has 154 valence electrons. The highest BCUT2D eigenvalue weighted by Crippen LogP contribution is 2.42. The van der Waals surface area contributed by atoms with E-state index in [0.717, 1.165) is 22.8 Å². The Morgan fingerprint density at radius 1 is 0.933 bits per heavy atom. The molecule has 0 fully saturated rings. The number of alkyl halides is 3. The quantitative estimate of drug-likeness (QED) is 0.625. The number of nitrogens with one attached hydrogen (secondary N) is 1. The van der Waals surface area contributed by atoms with E-state index in [0.29, 0.717) is 12.8 Å². The van der Waals surface area contributed by atoms with E-state index in [1.165, 1.54) is 19.2 Å². The molecule has 4 rings (SSSR count). The van der Waals surface area contributed by atoms with Gasteiger partial charge in [-0.15, -0.1) is 0 Å². The summed E-state index contributed by atoms with van der Waals surface area (Å²) >= 11 is 0. The fourth-order valence-electron chi connectivity index (χ4n) is 4.13. The molecule has 6 heteroatoms. The van der Waals surface area contributed by atoms with Crippen LogP contribution in [0.15, 0.2) is 72.8 Å². The van der Waals surface area contributed by atoms with Crippen LogP contribution in [0.5, 0.6) is 5.75 Å². The minimum absolute atomic E-state index is 0.0828. The van der Waals surface area contributed by atoms with Crippen molar-refractivity contribution in [2.24, 2.45) is 0 Å². The highest BCUT2D eigenvalue weighted by molar-refractivity contribution is 6.00. The second kappa shape index (κ2) is 7.52. The predicted octanol–water partition coefficient (Wildman–Crippen LogP) is 5.39. The molecule has 0 bridgehead atoms. The van der Waals surface area contributed by atoms with E-state index in [9.17, 15) is 18.0 Å². The fraction of sp³-hybridized carbons (Fsp3) is 0.208. The van der Waals surface area contributed by atoms with Crippen molar-refractivity contribution < 1.29 is 22.7 Å². The van der Waals surface area contributed by atoms with E-state index < -0.39 is 17.2 Å². The summed E-state index contributed by atoms with van der Waals surface area (Å²) in [6.07, 6.45) is -3.62. The van der Waals surface area contributed by atoms with Gasteiger partial charge in [-0.3, -0.25) is 4.79 Å². The average Bonchev–Trinajstić information content (AvgIpc) is 3.15. The molecular weight excluding hydrogens is 391 g/mol. The first-order valence-electron chi connectivity index (χ1n) is 9.52. The largest absolute Gasteiger partial charge is 0.496 e. The van der Waals surface area contributed by atoms with Gasteiger partial charge in [0.2, 0.25) is 5.91 Å². The summed E-state index contributed by atoms with van der Waals surface area (Å²) in [5.74, 6) is -0.616. The molecule has 0 spiro atoms. The second-order valence-electron chi connectivity index (χ2n) is 7.44. The number of benzene rings is 3. The molecule has 0 radical (unpaired) electrons. The SMILES string of the molecule is COc1ccc(NC(=O)C2(c3ccccc3)Cc3ccccc3C2)cc1C(F)(F)F. The van der Waals surface area contributed by atoms with Gasteiger partial charge in [0.25, 0.3) is 0 Å². The number of methoxy groups -OCH3 is 1. The van der Waals surface area contributed by atoms with Gasteiger partial charge in [0, 0.05) is 5.69 Å². The summed E-state index contributed by atoms with van der Waals surface area (Å²) in [6.45, 7) is 0. The summed E-state index contributed by atoms with van der Waals surface area (Å²) in [5.41, 5.74) is 1.25. The first-order valence-corrected chi connectivity index (χ1v) is 9.52. The normalized spacial score (nSPS) is 14.8. The molecular formula is C24H20F3NO2. The maximum absolute atomic E-state index is 13.5. The molecule has 3 nitrogen and oxygen atoms in total. The van der Waals surface area contributed by atoms with Gasteiger partial charge in [-0.2, -0.15) is 13.2 Å². The van der Waals surface area contributed by atoms with Crippen LogP contribution < -0.4 is 10.1 Å². The van der Waals surface area contributed by atoms with Crippen molar-refractivity contribution in [3.8, 4) is 5.75 Å². The van der Waals surface area contributed by atoms with Gasteiger partial charge in [-0.25, -0.2) is 0 Å². The first-order chi connectivity index (χ1) is 14.3. The van der Waals surface area contributed by atoms with Crippen molar-refractivity contribution in [1.29, 1.82) is 0 Å². The Morgan fingerprint density at radius 2 is 1.53 bits per heavy atom. The smallest absolute Gasteiger partial charge is 0.420 e.